The van der Waals surface area contributed by atoms with Crippen molar-refractivity contribution in [2.75, 3.05) is 0 Å². The van der Waals surface area contributed by atoms with E-state index in [4.69, 9.17) is 5.11 Å². The summed E-state index contributed by atoms with van der Waals surface area (Å²) >= 11 is 0. The Kier molecular flexibility index (Phi) is 2.37. The Morgan fingerprint density at radius 2 is 2.00 bits per heavy atom. The van der Waals surface area contributed by atoms with Gasteiger partial charge >= 0.3 is 6.36 Å². The average molecular weight is 213 g/mol. The molecule has 1 aromatic heterocycles. The van der Waals surface area contributed by atoms with E-state index in [9.17, 15) is 22.4 Å². The summed E-state index contributed by atoms with van der Waals surface area (Å²) < 4.78 is 50.5. The van der Waals surface area contributed by atoms with Gasteiger partial charge in [0.2, 0.25) is 5.95 Å². The molecule has 0 bridgehead atoms. The summed E-state index contributed by atoms with van der Waals surface area (Å²) in [7, 11) is 0. The largest absolute Gasteiger partial charge is 0.573 e. The van der Waals surface area contributed by atoms with E-state index < -0.39 is 29.4 Å². The maximum absolute atomic E-state index is 12.6. The fourth-order valence-electron chi connectivity index (χ4n) is 0.677. The molecule has 14 heavy (non-hydrogen) atoms. The van der Waals surface area contributed by atoms with Crippen LogP contribution >= 0.6 is 0 Å². The van der Waals surface area contributed by atoms with Crippen LogP contribution in [-0.4, -0.2) is 16.5 Å². The molecule has 1 rings (SSSR count). The molecular weight excluding hydrogens is 210 g/mol. The van der Waals surface area contributed by atoms with Crippen molar-refractivity contribution < 1.29 is 27.4 Å². The Morgan fingerprint density at radius 1 is 1.43 bits per heavy atom. The Bertz CT molecular complexity index is 397. The Balaban J connectivity index is 3.11. The minimum absolute atomic E-state index is 0.238. The van der Waals surface area contributed by atoms with Crippen molar-refractivity contribution in [1.82, 2.24) is 4.98 Å². The molecule has 0 aliphatic rings. The zero-order valence-electron chi connectivity index (χ0n) is 6.35. The molecule has 0 atom stereocenters. The van der Waals surface area contributed by atoms with E-state index >= 15 is 0 Å². The molecule has 2 N–H and O–H groups in total. The quantitative estimate of drug-likeness (QED) is 0.542. The first kappa shape index (κ1) is 10.4. The summed E-state index contributed by atoms with van der Waals surface area (Å²) in [6, 6.07) is 0.238. The molecule has 78 valence electrons. The molecule has 0 amide bonds. The molecule has 0 aliphatic carbocycles. The lowest BCUT2D eigenvalue weighted by atomic mass is 10.4. The smallest absolute Gasteiger partial charge is 0.503 e. The number of ether oxygens (including phenoxy) is 1. The van der Waals surface area contributed by atoms with Crippen LogP contribution in [0.15, 0.2) is 10.9 Å². The molecule has 0 spiro atoms. The van der Waals surface area contributed by atoms with E-state index in [-0.39, 0.29) is 6.07 Å². The zero-order chi connectivity index (χ0) is 10.9. The van der Waals surface area contributed by atoms with E-state index in [1.54, 1.807) is 0 Å². The molecule has 0 radical (unpaired) electrons. The second-order valence-electron chi connectivity index (χ2n) is 2.21. The third kappa shape index (κ3) is 2.38. The predicted molar refractivity (Wildman–Crippen MR) is 35.4 cm³/mol. The van der Waals surface area contributed by atoms with Crippen LogP contribution in [-0.2, 0) is 0 Å². The summed E-state index contributed by atoms with van der Waals surface area (Å²) in [5, 5.41) is 8.66. The topological polar surface area (TPSA) is 62.3 Å². The van der Waals surface area contributed by atoms with Gasteiger partial charge in [-0.15, -0.1) is 13.2 Å². The molecule has 1 aromatic rings. The number of hydrogen-bond acceptors (Lipinski definition) is 3. The van der Waals surface area contributed by atoms with Gasteiger partial charge in [0.25, 0.3) is 5.56 Å². The number of rotatable bonds is 1. The van der Waals surface area contributed by atoms with Crippen LogP contribution in [0.1, 0.15) is 0 Å². The summed E-state index contributed by atoms with van der Waals surface area (Å²) in [5.41, 5.74) is -1.24. The van der Waals surface area contributed by atoms with Crippen LogP contribution in [0.5, 0.6) is 11.5 Å². The van der Waals surface area contributed by atoms with Gasteiger partial charge in [-0.2, -0.15) is 4.39 Å². The Morgan fingerprint density at radius 3 is 2.50 bits per heavy atom. The van der Waals surface area contributed by atoms with Gasteiger partial charge in [-0.05, 0) is 0 Å². The normalized spacial score (nSPS) is 11.4. The van der Waals surface area contributed by atoms with Crippen LogP contribution in [0.3, 0.4) is 0 Å². The molecule has 0 saturated heterocycles. The molecule has 0 unspecified atom stereocenters. The van der Waals surface area contributed by atoms with Crippen molar-refractivity contribution >= 4 is 0 Å². The van der Waals surface area contributed by atoms with Gasteiger partial charge in [0.15, 0.2) is 11.5 Å². The monoisotopic (exact) mass is 213 g/mol. The highest BCUT2D eigenvalue weighted by atomic mass is 19.4. The maximum Gasteiger partial charge on any atom is 0.573 e. The molecule has 8 heteroatoms. The molecular formula is C6H3F4NO3. The van der Waals surface area contributed by atoms with Gasteiger partial charge in [0, 0.05) is 6.07 Å². The first-order valence-corrected chi connectivity index (χ1v) is 3.17. The van der Waals surface area contributed by atoms with Crippen LogP contribution < -0.4 is 10.3 Å². The second-order valence-corrected chi connectivity index (χ2v) is 2.21. The zero-order valence-corrected chi connectivity index (χ0v) is 6.35. The minimum atomic E-state index is -5.09. The summed E-state index contributed by atoms with van der Waals surface area (Å²) in [4.78, 5) is 11.8. The van der Waals surface area contributed by atoms with Crippen molar-refractivity contribution in [3.63, 3.8) is 0 Å². The number of aromatic amines is 1. The predicted octanol–water partition coefficient (Wildman–Crippen LogP) is 1.12. The van der Waals surface area contributed by atoms with Crippen LogP contribution in [0.2, 0.25) is 0 Å². The first-order valence-electron chi connectivity index (χ1n) is 3.17. The standard InChI is InChI=1S/C6H3F4NO3/c7-4-3(14-6(8,9)10)1-2(12)5(13)11-4/h1,12H,(H,11,13). The molecule has 0 fully saturated rings. The third-order valence-corrected chi connectivity index (χ3v) is 1.17. The SMILES string of the molecule is O=c1[nH]c(F)c(OC(F)(F)F)cc1O. The number of halogens is 4. The van der Waals surface area contributed by atoms with Gasteiger partial charge in [-0.1, -0.05) is 0 Å². The van der Waals surface area contributed by atoms with Crippen LogP contribution in [0.25, 0.3) is 0 Å². The fraction of sp³-hybridized carbons (Fsp3) is 0.167. The summed E-state index contributed by atoms with van der Waals surface area (Å²) in [6.07, 6.45) is -5.09. The minimum Gasteiger partial charge on any atom is -0.503 e. The van der Waals surface area contributed by atoms with Crippen molar-refractivity contribution in [3.8, 4) is 11.5 Å². The van der Waals surface area contributed by atoms with Crippen molar-refractivity contribution in [3.05, 3.63) is 22.4 Å². The van der Waals surface area contributed by atoms with Crippen molar-refractivity contribution in [1.29, 1.82) is 0 Å². The number of aromatic nitrogens is 1. The number of H-pyrrole nitrogens is 1. The molecule has 4 nitrogen and oxygen atoms in total. The number of pyridine rings is 1. The van der Waals surface area contributed by atoms with Crippen LogP contribution in [0, 0.1) is 5.95 Å². The van der Waals surface area contributed by atoms with Crippen molar-refractivity contribution in [2.45, 2.75) is 6.36 Å². The van der Waals surface area contributed by atoms with Gasteiger partial charge in [0.1, 0.15) is 0 Å². The van der Waals surface area contributed by atoms with Crippen LogP contribution in [0.4, 0.5) is 17.6 Å². The van der Waals surface area contributed by atoms with E-state index in [2.05, 4.69) is 4.74 Å². The maximum atomic E-state index is 12.6. The summed E-state index contributed by atoms with van der Waals surface area (Å²) in [5.74, 6) is -3.97. The third-order valence-electron chi connectivity index (χ3n) is 1.17. The van der Waals surface area contributed by atoms with Gasteiger partial charge in [-0.3, -0.25) is 9.78 Å². The van der Waals surface area contributed by atoms with E-state index in [1.165, 1.54) is 4.98 Å². The average Bonchev–Trinajstić information content (AvgIpc) is 1.97. The highest BCUT2D eigenvalue weighted by Gasteiger charge is 2.33. The first-order chi connectivity index (χ1) is 6.29. The van der Waals surface area contributed by atoms with Gasteiger partial charge < -0.3 is 9.84 Å². The Hall–Kier alpha value is -1.73. The molecule has 1 heterocycles. The molecule has 0 aromatic carbocycles. The summed E-state index contributed by atoms with van der Waals surface area (Å²) in [6.45, 7) is 0. The highest BCUT2D eigenvalue weighted by Crippen LogP contribution is 2.25. The number of nitrogens with one attached hydrogen (secondary N) is 1. The number of alkyl halides is 3. The Labute approximate surface area is 73.7 Å². The fourth-order valence-corrected chi connectivity index (χ4v) is 0.677. The van der Waals surface area contributed by atoms with Crippen molar-refractivity contribution in [2.24, 2.45) is 0 Å². The lowest BCUT2D eigenvalue weighted by Gasteiger charge is -2.08. The van der Waals surface area contributed by atoms with Gasteiger partial charge in [-0.25, -0.2) is 0 Å². The lowest BCUT2D eigenvalue weighted by Crippen LogP contribution is -2.19. The number of hydrogen-bond donors (Lipinski definition) is 2. The van der Waals surface area contributed by atoms with E-state index in [1.807, 2.05) is 0 Å². The second kappa shape index (κ2) is 3.20. The van der Waals surface area contributed by atoms with E-state index in [0.717, 1.165) is 0 Å². The van der Waals surface area contributed by atoms with E-state index in [0.29, 0.717) is 0 Å². The molecule has 0 aliphatic heterocycles. The molecule has 0 saturated carbocycles. The number of aromatic hydroxyl groups is 1. The van der Waals surface area contributed by atoms with Gasteiger partial charge in [0.05, 0.1) is 0 Å². The highest BCUT2D eigenvalue weighted by molar-refractivity contribution is 5.28. The lowest BCUT2D eigenvalue weighted by molar-refractivity contribution is -0.275.